The Balaban J connectivity index is 1.69. The van der Waals surface area contributed by atoms with Gasteiger partial charge < -0.3 is 13.9 Å². The van der Waals surface area contributed by atoms with Gasteiger partial charge in [-0.2, -0.15) is 0 Å². The molecule has 0 atom stereocenters. The van der Waals surface area contributed by atoms with Crippen LogP contribution in [0.2, 0.25) is 5.02 Å². The Hall–Kier alpha value is -4.22. The Morgan fingerprint density at radius 2 is 1.89 bits per heavy atom. The molecule has 2 amide bonds. The number of methoxy groups -OCH3 is 2. The predicted octanol–water partition coefficient (Wildman–Crippen LogP) is 4.36. The van der Waals surface area contributed by atoms with Crippen LogP contribution in [-0.2, 0) is 9.59 Å². The second kappa shape index (κ2) is 9.57. The fraction of sp³-hybridized carbons (Fsp3) is 0.0870. The highest BCUT2D eigenvalue weighted by Crippen LogP contribution is 2.35. The summed E-state index contributed by atoms with van der Waals surface area (Å²) >= 11 is 11.1. The molecule has 1 N–H and O–H groups in total. The van der Waals surface area contributed by atoms with Crippen LogP contribution in [0.4, 0.5) is 11.4 Å². The maximum atomic E-state index is 13.3. The molecule has 10 nitrogen and oxygen atoms in total. The molecule has 2 aromatic carbocycles. The number of ether oxygens (including phenoxy) is 2. The number of hydrogen-bond donors (Lipinski definition) is 1. The normalized spacial score (nSPS) is 14.8. The molecule has 1 aromatic heterocycles. The van der Waals surface area contributed by atoms with Gasteiger partial charge in [0.15, 0.2) is 5.11 Å². The number of anilines is 1. The van der Waals surface area contributed by atoms with Crippen molar-refractivity contribution in [2.24, 2.45) is 0 Å². The van der Waals surface area contributed by atoms with E-state index in [1.807, 2.05) is 0 Å². The van der Waals surface area contributed by atoms with Crippen LogP contribution in [-0.4, -0.2) is 36.1 Å². The average molecular weight is 514 g/mol. The SMILES string of the molecule is COc1ccc(N2C(=O)/C(=C\c3ccc(-c4ccc(Cl)c([N+](=O)[O-])c4)o3)C(=O)NC2=S)c(OC)c1. The van der Waals surface area contributed by atoms with Crippen LogP contribution in [0.5, 0.6) is 11.5 Å². The second-order valence-corrected chi connectivity index (χ2v) is 7.91. The molecule has 1 aliphatic heterocycles. The smallest absolute Gasteiger partial charge is 0.288 e. The number of hydrogen-bond acceptors (Lipinski definition) is 8. The first-order valence-corrected chi connectivity index (χ1v) is 10.7. The standard InChI is InChI=1S/C23H16ClN3O7S/c1-32-13-4-7-17(20(11-13)33-2)26-22(29)15(21(28)25-23(26)35)10-14-5-8-19(34-14)12-3-6-16(24)18(9-12)27(30)31/h3-11H,1-2H3,(H,25,28,35)/b15-10-. The highest BCUT2D eigenvalue weighted by molar-refractivity contribution is 7.80. The van der Waals surface area contributed by atoms with Crippen LogP contribution in [0.1, 0.15) is 5.76 Å². The number of halogens is 1. The number of nitrogens with one attached hydrogen (secondary N) is 1. The van der Waals surface area contributed by atoms with E-state index < -0.39 is 16.7 Å². The molecule has 0 radical (unpaired) electrons. The van der Waals surface area contributed by atoms with E-state index in [0.29, 0.717) is 22.7 Å². The van der Waals surface area contributed by atoms with Gasteiger partial charge in [0, 0.05) is 17.7 Å². The number of nitro benzene ring substituents is 1. The molecular weight excluding hydrogens is 498 g/mol. The molecule has 1 saturated heterocycles. The molecule has 0 saturated carbocycles. The minimum absolute atomic E-state index is 0.0119. The number of nitro groups is 1. The summed E-state index contributed by atoms with van der Waals surface area (Å²) < 4.78 is 16.3. The van der Waals surface area contributed by atoms with Gasteiger partial charge >= 0.3 is 0 Å². The van der Waals surface area contributed by atoms with Gasteiger partial charge in [-0.05, 0) is 54.7 Å². The summed E-state index contributed by atoms with van der Waals surface area (Å²) in [6, 6.07) is 12.1. The molecular formula is C23H16ClN3O7S. The predicted molar refractivity (Wildman–Crippen MR) is 132 cm³/mol. The van der Waals surface area contributed by atoms with Crippen LogP contribution in [0.3, 0.4) is 0 Å². The molecule has 0 aliphatic carbocycles. The van der Waals surface area contributed by atoms with E-state index in [4.69, 9.17) is 37.7 Å². The third-order valence-corrected chi connectivity index (χ3v) is 5.67. The largest absolute Gasteiger partial charge is 0.497 e. The summed E-state index contributed by atoms with van der Waals surface area (Å²) in [6.07, 6.45) is 1.26. The van der Waals surface area contributed by atoms with Crippen LogP contribution in [0.15, 0.2) is 58.5 Å². The lowest BCUT2D eigenvalue weighted by Crippen LogP contribution is -2.54. The van der Waals surface area contributed by atoms with E-state index in [1.165, 1.54) is 38.5 Å². The number of nitrogens with zero attached hydrogens (tertiary/aromatic N) is 2. The summed E-state index contributed by atoms with van der Waals surface area (Å²) in [5, 5.41) is 13.5. The quantitative estimate of drug-likeness (QED) is 0.169. The number of amides is 2. The van der Waals surface area contributed by atoms with Crippen molar-refractivity contribution in [1.29, 1.82) is 0 Å². The zero-order valence-corrected chi connectivity index (χ0v) is 19.8. The zero-order chi connectivity index (χ0) is 25.3. The van der Waals surface area contributed by atoms with Gasteiger partial charge in [0.05, 0.1) is 24.8 Å². The van der Waals surface area contributed by atoms with Crippen molar-refractivity contribution in [2.45, 2.75) is 0 Å². The molecule has 1 fully saturated rings. The number of furan rings is 1. The lowest BCUT2D eigenvalue weighted by atomic mass is 10.1. The third-order valence-electron chi connectivity index (χ3n) is 5.07. The maximum absolute atomic E-state index is 13.3. The van der Waals surface area contributed by atoms with Crippen molar-refractivity contribution in [1.82, 2.24) is 5.32 Å². The minimum atomic E-state index is -0.705. The van der Waals surface area contributed by atoms with E-state index in [9.17, 15) is 19.7 Å². The second-order valence-electron chi connectivity index (χ2n) is 7.12. The van der Waals surface area contributed by atoms with Gasteiger partial charge in [0.2, 0.25) is 0 Å². The molecule has 12 heteroatoms. The number of carbonyl (C=O) groups excluding carboxylic acids is 2. The van der Waals surface area contributed by atoms with Gasteiger partial charge in [-0.15, -0.1) is 0 Å². The van der Waals surface area contributed by atoms with Crippen molar-refractivity contribution in [3.63, 3.8) is 0 Å². The molecule has 4 rings (SSSR count). The van der Waals surface area contributed by atoms with Crippen LogP contribution < -0.4 is 19.7 Å². The molecule has 0 spiro atoms. The molecule has 178 valence electrons. The zero-order valence-electron chi connectivity index (χ0n) is 18.2. The molecule has 1 aliphatic rings. The van der Waals surface area contributed by atoms with Crippen LogP contribution in [0.25, 0.3) is 17.4 Å². The van der Waals surface area contributed by atoms with E-state index in [-0.39, 0.29) is 32.9 Å². The lowest BCUT2D eigenvalue weighted by Gasteiger charge is -2.29. The maximum Gasteiger partial charge on any atom is 0.288 e. The average Bonchev–Trinajstić information content (AvgIpc) is 3.30. The highest BCUT2D eigenvalue weighted by atomic mass is 35.5. The Bertz CT molecular complexity index is 1420. The van der Waals surface area contributed by atoms with Gasteiger partial charge in [-0.1, -0.05) is 11.6 Å². The van der Waals surface area contributed by atoms with Crippen molar-refractivity contribution in [3.05, 3.63) is 75.0 Å². The van der Waals surface area contributed by atoms with E-state index in [0.717, 1.165) is 4.90 Å². The van der Waals surface area contributed by atoms with Gasteiger partial charge in [0.1, 0.15) is 33.6 Å². The van der Waals surface area contributed by atoms with Crippen molar-refractivity contribution < 1.29 is 28.4 Å². The summed E-state index contributed by atoms with van der Waals surface area (Å²) in [7, 11) is 2.92. The highest BCUT2D eigenvalue weighted by Gasteiger charge is 2.36. The Morgan fingerprint density at radius 1 is 1.11 bits per heavy atom. The minimum Gasteiger partial charge on any atom is -0.497 e. The number of carbonyl (C=O) groups is 2. The van der Waals surface area contributed by atoms with Gasteiger partial charge in [-0.25, -0.2) is 4.90 Å². The third kappa shape index (κ3) is 4.59. The first kappa shape index (κ1) is 23.9. The van der Waals surface area contributed by atoms with E-state index >= 15 is 0 Å². The van der Waals surface area contributed by atoms with Gasteiger partial charge in [-0.3, -0.25) is 25.0 Å². The molecule has 0 unspecified atom stereocenters. The fourth-order valence-corrected chi connectivity index (χ4v) is 3.84. The lowest BCUT2D eigenvalue weighted by molar-refractivity contribution is -0.384. The molecule has 3 aromatic rings. The van der Waals surface area contributed by atoms with Crippen LogP contribution in [0, 0.1) is 10.1 Å². The Kier molecular flexibility index (Phi) is 6.54. The summed E-state index contributed by atoms with van der Waals surface area (Å²) in [5.74, 6) is -0.132. The van der Waals surface area contributed by atoms with Crippen molar-refractivity contribution >= 4 is 58.2 Å². The number of thiocarbonyl (C=S) groups is 1. The fourth-order valence-electron chi connectivity index (χ4n) is 3.38. The molecule has 0 bridgehead atoms. The van der Waals surface area contributed by atoms with E-state index in [2.05, 4.69) is 5.32 Å². The Labute approximate surface area is 208 Å². The van der Waals surface area contributed by atoms with Crippen molar-refractivity contribution in [3.8, 4) is 22.8 Å². The Morgan fingerprint density at radius 3 is 2.57 bits per heavy atom. The van der Waals surface area contributed by atoms with Crippen molar-refractivity contribution in [2.75, 3.05) is 19.1 Å². The number of benzene rings is 2. The molecule has 2 heterocycles. The first-order valence-electron chi connectivity index (χ1n) is 9.91. The summed E-state index contributed by atoms with van der Waals surface area (Å²) in [6.45, 7) is 0. The monoisotopic (exact) mass is 513 g/mol. The first-order chi connectivity index (χ1) is 16.7. The number of rotatable bonds is 6. The topological polar surface area (TPSA) is 124 Å². The van der Waals surface area contributed by atoms with Gasteiger partial charge in [0.25, 0.3) is 17.5 Å². The summed E-state index contributed by atoms with van der Waals surface area (Å²) in [5.41, 5.74) is 0.193. The van der Waals surface area contributed by atoms with E-state index in [1.54, 1.807) is 30.3 Å². The summed E-state index contributed by atoms with van der Waals surface area (Å²) in [4.78, 5) is 37.6. The van der Waals surface area contributed by atoms with Crippen LogP contribution >= 0.6 is 23.8 Å². The molecule has 35 heavy (non-hydrogen) atoms.